The van der Waals surface area contributed by atoms with Gasteiger partial charge < -0.3 is 33.9 Å². The molecule has 0 fully saturated rings. The summed E-state index contributed by atoms with van der Waals surface area (Å²) in [7, 11) is 0. The van der Waals surface area contributed by atoms with Crippen LogP contribution in [0.15, 0.2) is 34.1 Å². The molecule has 0 saturated heterocycles. The predicted octanol–water partition coefficient (Wildman–Crippen LogP) is 2.60. The van der Waals surface area contributed by atoms with Gasteiger partial charge in [0.2, 0.25) is 0 Å². The maximum absolute atomic E-state index is 12.5. The van der Waals surface area contributed by atoms with Crippen LogP contribution < -0.4 is 0 Å². The molecule has 0 spiro atoms. The number of ether oxygens (including phenoxy) is 5. The van der Waals surface area contributed by atoms with Crippen LogP contribution in [-0.2, 0) is 47.7 Å². The standard InChI is InChI=1S/C30H42O12/c1-14-23(36)11-22-26(40-18(5)33)10-21(13-38-16(3)31)24(37)12-25(39-17(4)32)15(2)28(41-19(6)34)29(42-20(7)35)27(14)30(22,8)9/h10,22-26,29,36-37H,11-13H2,1-9H3/b21-10-,28-15+/t22-,23-,24-,25-,26-,29+/m0/s1. The largest absolute Gasteiger partial charge is 0.461 e. The molecule has 0 amide bonds. The van der Waals surface area contributed by atoms with E-state index in [1.54, 1.807) is 20.8 Å². The van der Waals surface area contributed by atoms with Gasteiger partial charge in [0.15, 0.2) is 11.9 Å². The first-order valence-corrected chi connectivity index (χ1v) is 13.7. The number of carbonyl (C=O) groups excluding carboxylic acids is 5. The van der Waals surface area contributed by atoms with Gasteiger partial charge in [0, 0.05) is 52.5 Å². The highest BCUT2D eigenvalue weighted by molar-refractivity contribution is 5.70. The lowest BCUT2D eigenvalue weighted by Crippen LogP contribution is -2.48. The van der Waals surface area contributed by atoms with E-state index in [-0.39, 0.29) is 36.4 Å². The summed E-state index contributed by atoms with van der Waals surface area (Å²) in [4.78, 5) is 61.0. The molecule has 0 aromatic carbocycles. The van der Waals surface area contributed by atoms with Crippen LogP contribution in [0.1, 0.15) is 75.2 Å². The molecule has 0 aliphatic heterocycles. The molecule has 234 valence electrons. The molecule has 2 N–H and O–H groups in total. The summed E-state index contributed by atoms with van der Waals surface area (Å²) in [6, 6.07) is 0. The van der Waals surface area contributed by atoms with Gasteiger partial charge in [-0.05, 0) is 48.5 Å². The van der Waals surface area contributed by atoms with Crippen molar-refractivity contribution in [2.45, 2.75) is 106 Å². The monoisotopic (exact) mass is 594 g/mol. The Balaban J connectivity index is 3.06. The molecule has 0 saturated carbocycles. The molecule has 42 heavy (non-hydrogen) atoms. The lowest BCUT2D eigenvalue weighted by atomic mass is 9.60. The molecule has 6 atom stereocenters. The summed E-state index contributed by atoms with van der Waals surface area (Å²) >= 11 is 0. The van der Waals surface area contributed by atoms with Crippen LogP contribution in [0.4, 0.5) is 0 Å². The predicted molar refractivity (Wildman–Crippen MR) is 147 cm³/mol. The smallest absolute Gasteiger partial charge is 0.307 e. The van der Waals surface area contributed by atoms with Crippen LogP contribution in [0.5, 0.6) is 0 Å². The summed E-state index contributed by atoms with van der Waals surface area (Å²) in [6.07, 6.45) is -4.79. The minimum atomic E-state index is -1.40. The summed E-state index contributed by atoms with van der Waals surface area (Å²) in [5.74, 6) is -4.27. The van der Waals surface area contributed by atoms with Crippen molar-refractivity contribution < 1.29 is 57.9 Å². The van der Waals surface area contributed by atoms with Crippen LogP contribution in [0.25, 0.3) is 0 Å². The Morgan fingerprint density at radius 1 is 0.786 bits per heavy atom. The summed E-state index contributed by atoms with van der Waals surface area (Å²) < 4.78 is 27.9. The Labute approximate surface area is 245 Å². The molecule has 0 heterocycles. The Morgan fingerprint density at radius 3 is 1.86 bits per heavy atom. The van der Waals surface area contributed by atoms with Crippen molar-refractivity contribution in [1.29, 1.82) is 0 Å². The number of hydrogen-bond acceptors (Lipinski definition) is 12. The number of fused-ring (bicyclic) bond motifs is 2. The molecule has 0 aromatic heterocycles. The first-order chi connectivity index (χ1) is 19.4. The van der Waals surface area contributed by atoms with E-state index >= 15 is 0 Å². The molecular weight excluding hydrogens is 552 g/mol. The van der Waals surface area contributed by atoms with Crippen molar-refractivity contribution in [1.82, 2.24) is 0 Å². The lowest BCUT2D eigenvalue weighted by molar-refractivity contribution is -0.153. The average molecular weight is 595 g/mol. The fourth-order valence-electron chi connectivity index (χ4n) is 5.70. The van der Waals surface area contributed by atoms with E-state index in [2.05, 4.69) is 0 Å². The second-order valence-electron chi connectivity index (χ2n) is 11.3. The molecule has 2 bridgehead atoms. The van der Waals surface area contributed by atoms with Gasteiger partial charge in [-0.3, -0.25) is 24.0 Å². The number of rotatable bonds is 6. The van der Waals surface area contributed by atoms with Crippen LogP contribution in [0.3, 0.4) is 0 Å². The quantitative estimate of drug-likeness (QED) is 0.262. The number of carbonyl (C=O) groups is 5. The van der Waals surface area contributed by atoms with Crippen LogP contribution in [0, 0.1) is 11.3 Å². The van der Waals surface area contributed by atoms with Crippen molar-refractivity contribution in [2.24, 2.45) is 11.3 Å². The topological polar surface area (TPSA) is 172 Å². The van der Waals surface area contributed by atoms with Crippen molar-refractivity contribution in [3.63, 3.8) is 0 Å². The van der Waals surface area contributed by atoms with Gasteiger partial charge in [0.05, 0.1) is 12.2 Å². The zero-order valence-electron chi connectivity index (χ0n) is 25.6. The summed E-state index contributed by atoms with van der Waals surface area (Å²) in [6.45, 7) is 12.3. The van der Waals surface area contributed by atoms with Crippen LogP contribution >= 0.6 is 0 Å². The minimum Gasteiger partial charge on any atom is -0.461 e. The Bertz CT molecular complexity index is 1190. The highest BCUT2D eigenvalue weighted by Gasteiger charge is 2.50. The minimum absolute atomic E-state index is 0.113. The highest BCUT2D eigenvalue weighted by Crippen LogP contribution is 2.51. The van der Waals surface area contributed by atoms with Crippen molar-refractivity contribution >= 4 is 29.8 Å². The maximum Gasteiger partial charge on any atom is 0.307 e. The normalized spacial score (nSPS) is 30.9. The SMILES string of the molecule is CC(=O)OC/C1=C/[C@H](OC(C)=O)[C@@H]2C[C@H](O)C(C)=C([C@@H](OC(C)=O)/C(OC(C)=O)=C(/C)[C@@H](OC(C)=O)C[C@@H]1O)C2(C)C. The molecule has 12 heteroatoms. The van der Waals surface area contributed by atoms with Gasteiger partial charge in [0.1, 0.15) is 18.8 Å². The van der Waals surface area contributed by atoms with Gasteiger partial charge in [0.25, 0.3) is 0 Å². The van der Waals surface area contributed by atoms with Gasteiger partial charge in [-0.25, -0.2) is 0 Å². The van der Waals surface area contributed by atoms with Gasteiger partial charge in [-0.15, -0.1) is 0 Å². The third-order valence-electron chi connectivity index (χ3n) is 7.63. The van der Waals surface area contributed by atoms with E-state index in [1.807, 2.05) is 0 Å². The summed E-state index contributed by atoms with van der Waals surface area (Å²) in [5, 5.41) is 22.6. The van der Waals surface area contributed by atoms with E-state index in [0.29, 0.717) is 11.1 Å². The highest BCUT2D eigenvalue weighted by atomic mass is 16.6. The van der Waals surface area contributed by atoms with Gasteiger partial charge in [-0.2, -0.15) is 0 Å². The first kappa shape index (κ1) is 34.7. The van der Waals surface area contributed by atoms with Crippen molar-refractivity contribution in [3.05, 3.63) is 34.1 Å². The van der Waals surface area contributed by atoms with E-state index in [0.717, 1.165) is 13.8 Å². The van der Waals surface area contributed by atoms with Crippen LogP contribution in [0.2, 0.25) is 0 Å². The molecule has 2 aliphatic rings. The average Bonchev–Trinajstić information content (AvgIpc) is 2.83. The molecule has 0 aromatic rings. The molecular formula is C30H42O12. The lowest BCUT2D eigenvalue weighted by Gasteiger charge is -2.48. The number of esters is 5. The third-order valence-corrected chi connectivity index (χ3v) is 7.63. The second kappa shape index (κ2) is 14.1. The number of aliphatic hydroxyl groups is 2. The molecule has 2 rings (SSSR count). The Hall–Kier alpha value is -3.51. The maximum atomic E-state index is 12.5. The molecule has 0 radical (unpaired) electrons. The van der Waals surface area contributed by atoms with E-state index in [4.69, 9.17) is 23.7 Å². The fourth-order valence-corrected chi connectivity index (χ4v) is 5.70. The Morgan fingerprint density at radius 2 is 1.36 bits per heavy atom. The van der Waals surface area contributed by atoms with E-state index in [1.165, 1.54) is 33.8 Å². The Kier molecular flexibility index (Phi) is 11.7. The van der Waals surface area contributed by atoms with Crippen molar-refractivity contribution in [3.8, 4) is 0 Å². The van der Waals surface area contributed by atoms with Gasteiger partial charge in [-0.1, -0.05) is 13.8 Å². The first-order valence-electron chi connectivity index (χ1n) is 13.7. The van der Waals surface area contributed by atoms with Gasteiger partial charge >= 0.3 is 29.8 Å². The second-order valence-corrected chi connectivity index (χ2v) is 11.3. The molecule has 12 nitrogen and oxygen atoms in total. The third kappa shape index (κ3) is 8.51. The van der Waals surface area contributed by atoms with Crippen LogP contribution in [-0.4, -0.2) is 77.2 Å². The van der Waals surface area contributed by atoms with E-state index in [9.17, 15) is 34.2 Å². The molecule has 0 unspecified atom stereocenters. The van der Waals surface area contributed by atoms with Crippen molar-refractivity contribution in [2.75, 3.05) is 6.61 Å². The zero-order chi connectivity index (χ0) is 32.1. The molecule has 2 aliphatic carbocycles. The zero-order valence-corrected chi connectivity index (χ0v) is 25.6. The number of aliphatic hydroxyl groups excluding tert-OH is 2. The van der Waals surface area contributed by atoms with E-state index < -0.39 is 71.7 Å². The number of hydrogen-bond donors (Lipinski definition) is 2. The summed E-state index contributed by atoms with van der Waals surface area (Å²) in [5.41, 5.74) is 0.172. The fraction of sp³-hybridized carbons (Fsp3) is 0.633.